The van der Waals surface area contributed by atoms with Gasteiger partial charge in [-0.05, 0) is 47.1 Å². The Labute approximate surface area is 131 Å². The number of hydrogen-bond acceptors (Lipinski definition) is 3. The molecule has 2 aromatic carbocycles. The zero-order valence-electron chi connectivity index (χ0n) is 11.6. The molecule has 1 atom stereocenters. The molecule has 21 heavy (non-hydrogen) atoms. The zero-order valence-corrected chi connectivity index (χ0v) is 13.2. The molecule has 0 fully saturated rings. The summed E-state index contributed by atoms with van der Waals surface area (Å²) in [6.45, 7) is 2.34. The lowest BCUT2D eigenvalue weighted by Gasteiger charge is -2.15. The van der Waals surface area contributed by atoms with E-state index in [1.807, 2.05) is 31.2 Å². The van der Waals surface area contributed by atoms with Crippen molar-refractivity contribution in [3.8, 4) is 5.75 Å². The molecular formula is C16H17BrFNO2. The quantitative estimate of drug-likeness (QED) is 0.830. The number of anilines is 1. The van der Waals surface area contributed by atoms with Gasteiger partial charge in [-0.1, -0.05) is 23.8 Å². The zero-order chi connectivity index (χ0) is 15.2. The molecule has 2 aromatic rings. The van der Waals surface area contributed by atoms with Gasteiger partial charge in [0.1, 0.15) is 24.3 Å². The number of aliphatic hydroxyl groups is 1. The molecule has 0 aliphatic rings. The fraction of sp³-hybridized carbons (Fsp3) is 0.250. The molecule has 0 aromatic heterocycles. The first kappa shape index (κ1) is 15.8. The molecule has 0 heterocycles. The number of para-hydroxylation sites is 1. The van der Waals surface area contributed by atoms with Crippen LogP contribution in [-0.2, 0) is 0 Å². The monoisotopic (exact) mass is 353 g/mol. The van der Waals surface area contributed by atoms with Crippen LogP contribution in [0.1, 0.15) is 5.56 Å². The van der Waals surface area contributed by atoms with Gasteiger partial charge in [0.15, 0.2) is 0 Å². The second kappa shape index (κ2) is 7.43. The molecule has 0 saturated carbocycles. The van der Waals surface area contributed by atoms with Crippen molar-refractivity contribution in [1.82, 2.24) is 0 Å². The van der Waals surface area contributed by atoms with Gasteiger partial charge in [-0.25, -0.2) is 4.39 Å². The summed E-state index contributed by atoms with van der Waals surface area (Å²) in [7, 11) is 0. The Morgan fingerprint density at radius 2 is 1.95 bits per heavy atom. The van der Waals surface area contributed by atoms with Gasteiger partial charge in [-0.3, -0.25) is 0 Å². The number of benzene rings is 2. The summed E-state index contributed by atoms with van der Waals surface area (Å²) in [6.07, 6.45) is -0.738. The Hall–Kier alpha value is -1.59. The largest absolute Gasteiger partial charge is 0.491 e. The smallest absolute Gasteiger partial charge is 0.147 e. The van der Waals surface area contributed by atoms with Crippen molar-refractivity contribution in [1.29, 1.82) is 0 Å². The molecule has 3 nitrogen and oxygen atoms in total. The van der Waals surface area contributed by atoms with E-state index in [1.165, 1.54) is 6.07 Å². The Morgan fingerprint density at radius 3 is 2.62 bits per heavy atom. The first-order chi connectivity index (χ1) is 10.1. The van der Waals surface area contributed by atoms with Crippen LogP contribution in [0.15, 0.2) is 46.9 Å². The molecule has 5 heteroatoms. The topological polar surface area (TPSA) is 41.5 Å². The van der Waals surface area contributed by atoms with E-state index in [-0.39, 0.29) is 19.0 Å². The minimum Gasteiger partial charge on any atom is -0.491 e. The van der Waals surface area contributed by atoms with Crippen molar-refractivity contribution < 1.29 is 14.2 Å². The molecule has 0 bridgehead atoms. The summed E-state index contributed by atoms with van der Waals surface area (Å²) >= 11 is 3.26. The summed E-state index contributed by atoms with van der Waals surface area (Å²) in [5.74, 6) is 0.336. The molecule has 2 rings (SSSR count). The number of rotatable bonds is 6. The number of nitrogens with one attached hydrogen (secondary N) is 1. The van der Waals surface area contributed by atoms with Gasteiger partial charge in [0, 0.05) is 11.0 Å². The normalized spacial score (nSPS) is 12.0. The average molecular weight is 354 g/mol. The van der Waals surface area contributed by atoms with Gasteiger partial charge >= 0.3 is 0 Å². The lowest BCUT2D eigenvalue weighted by atomic mass is 10.2. The number of ether oxygens (including phenoxy) is 1. The van der Waals surface area contributed by atoms with Crippen LogP contribution >= 0.6 is 15.9 Å². The predicted molar refractivity (Wildman–Crippen MR) is 85.3 cm³/mol. The molecule has 0 saturated heterocycles. The van der Waals surface area contributed by atoms with Gasteiger partial charge < -0.3 is 15.2 Å². The maximum Gasteiger partial charge on any atom is 0.147 e. The number of aryl methyl sites for hydroxylation is 1. The van der Waals surface area contributed by atoms with E-state index < -0.39 is 6.10 Å². The Bertz CT molecular complexity index is 569. The van der Waals surface area contributed by atoms with Crippen molar-refractivity contribution in [3.05, 3.63) is 58.3 Å². The molecule has 0 aliphatic carbocycles. The van der Waals surface area contributed by atoms with Crippen LogP contribution in [0.25, 0.3) is 0 Å². The minimum atomic E-state index is -0.738. The van der Waals surface area contributed by atoms with Crippen molar-refractivity contribution in [2.75, 3.05) is 18.5 Å². The molecule has 0 amide bonds. The van der Waals surface area contributed by atoms with Crippen LogP contribution in [0.4, 0.5) is 10.1 Å². The van der Waals surface area contributed by atoms with Crippen molar-refractivity contribution in [3.63, 3.8) is 0 Å². The third-order valence-corrected chi connectivity index (χ3v) is 3.60. The minimum absolute atomic E-state index is 0.141. The summed E-state index contributed by atoms with van der Waals surface area (Å²) in [5.41, 5.74) is 1.49. The van der Waals surface area contributed by atoms with Crippen LogP contribution in [-0.4, -0.2) is 24.4 Å². The van der Waals surface area contributed by atoms with Crippen LogP contribution in [0.2, 0.25) is 0 Å². The van der Waals surface area contributed by atoms with E-state index in [1.54, 1.807) is 12.1 Å². The van der Waals surface area contributed by atoms with Crippen molar-refractivity contribution >= 4 is 21.6 Å². The van der Waals surface area contributed by atoms with E-state index in [9.17, 15) is 9.50 Å². The van der Waals surface area contributed by atoms with E-state index in [4.69, 9.17) is 4.74 Å². The molecule has 0 spiro atoms. The molecular weight excluding hydrogens is 337 g/mol. The fourth-order valence-electron chi connectivity index (χ4n) is 1.77. The summed E-state index contributed by atoms with van der Waals surface area (Å²) in [5, 5.41) is 12.8. The highest BCUT2D eigenvalue weighted by molar-refractivity contribution is 9.10. The van der Waals surface area contributed by atoms with Crippen LogP contribution < -0.4 is 10.1 Å². The van der Waals surface area contributed by atoms with Gasteiger partial charge in [0.2, 0.25) is 0 Å². The molecule has 2 N–H and O–H groups in total. The van der Waals surface area contributed by atoms with Crippen molar-refractivity contribution in [2.24, 2.45) is 0 Å². The standard InChI is InChI=1S/C16H17BrFNO2/c1-11-5-7-13(8-6-11)21-10-12(20)9-19-16-14(17)3-2-4-15(16)18/h2-8,12,19-20H,9-10H2,1H3. The highest BCUT2D eigenvalue weighted by atomic mass is 79.9. The fourth-order valence-corrected chi connectivity index (χ4v) is 2.25. The summed E-state index contributed by atoms with van der Waals surface area (Å²) < 4.78 is 19.7. The lowest BCUT2D eigenvalue weighted by molar-refractivity contribution is 0.117. The maximum absolute atomic E-state index is 13.6. The van der Waals surface area contributed by atoms with Crippen LogP contribution in [0.5, 0.6) is 5.75 Å². The number of halogens is 2. The first-order valence-electron chi connectivity index (χ1n) is 6.61. The number of hydrogen-bond donors (Lipinski definition) is 2. The highest BCUT2D eigenvalue weighted by Gasteiger charge is 2.09. The van der Waals surface area contributed by atoms with Gasteiger partial charge in [-0.2, -0.15) is 0 Å². The summed E-state index contributed by atoms with van der Waals surface area (Å²) in [6, 6.07) is 12.3. The third-order valence-electron chi connectivity index (χ3n) is 2.94. The molecule has 1 unspecified atom stereocenters. The molecule has 0 aliphatic heterocycles. The van der Waals surface area contributed by atoms with Gasteiger partial charge in [0.25, 0.3) is 0 Å². The van der Waals surface area contributed by atoms with E-state index in [2.05, 4.69) is 21.2 Å². The second-order valence-electron chi connectivity index (χ2n) is 4.76. The van der Waals surface area contributed by atoms with E-state index in [0.717, 1.165) is 5.56 Å². The number of aliphatic hydroxyl groups excluding tert-OH is 1. The van der Waals surface area contributed by atoms with E-state index in [0.29, 0.717) is 15.9 Å². The SMILES string of the molecule is Cc1ccc(OCC(O)CNc2c(F)cccc2Br)cc1. The predicted octanol–water partition coefficient (Wildman–Crippen LogP) is 3.75. The van der Waals surface area contributed by atoms with Crippen LogP contribution in [0.3, 0.4) is 0 Å². The van der Waals surface area contributed by atoms with Crippen molar-refractivity contribution in [2.45, 2.75) is 13.0 Å². The maximum atomic E-state index is 13.6. The summed E-state index contributed by atoms with van der Waals surface area (Å²) in [4.78, 5) is 0. The highest BCUT2D eigenvalue weighted by Crippen LogP contribution is 2.24. The second-order valence-corrected chi connectivity index (χ2v) is 5.61. The third kappa shape index (κ3) is 4.72. The lowest BCUT2D eigenvalue weighted by Crippen LogP contribution is -2.26. The average Bonchev–Trinajstić information content (AvgIpc) is 2.46. The molecule has 0 radical (unpaired) electrons. The Balaban J connectivity index is 1.82. The first-order valence-corrected chi connectivity index (χ1v) is 7.41. The van der Waals surface area contributed by atoms with Gasteiger partial charge in [-0.15, -0.1) is 0 Å². The Morgan fingerprint density at radius 1 is 1.24 bits per heavy atom. The van der Waals surface area contributed by atoms with E-state index >= 15 is 0 Å². The van der Waals surface area contributed by atoms with Gasteiger partial charge in [0.05, 0.1) is 5.69 Å². The van der Waals surface area contributed by atoms with Crippen LogP contribution in [0, 0.1) is 12.7 Å². The Kier molecular flexibility index (Phi) is 5.59. The molecule has 112 valence electrons.